The topological polar surface area (TPSA) is 105 Å². The van der Waals surface area contributed by atoms with E-state index >= 15 is 0 Å². The van der Waals surface area contributed by atoms with Crippen LogP contribution >= 0.6 is 11.6 Å². The SMILES string of the molecule is Nc1c(NNC(=O)Cc2ccccc2)ncnc1Nc1cccc(Cl)c1. The molecule has 0 radical (unpaired) electrons. The van der Waals surface area contributed by atoms with Crippen LogP contribution in [0.15, 0.2) is 60.9 Å². The number of halogens is 1. The van der Waals surface area contributed by atoms with E-state index in [1.54, 1.807) is 12.1 Å². The Balaban J connectivity index is 1.64. The molecule has 1 amide bonds. The maximum absolute atomic E-state index is 12.0. The zero-order chi connectivity index (χ0) is 18.4. The predicted molar refractivity (Wildman–Crippen MR) is 103 cm³/mol. The molecule has 8 heteroatoms. The fraction of sp³-hybridized carbons (Fsp3) is 0.0556. The Morgan fingerprint density at radius 1 is 1.04 bits per heavy atom. The van der Waals surface area contributed by atoms with Crippen LogP contribution in [0.2, 0.25) is 5.02 Å². The summed E-state index contributed by atoms with van der Waals surface area (Å²) in [5.41, 5.74) is 13.3. The first-order valence-corrected chi connectivity index (χ1v) is 8.21. The van der Waals surface area contributed by atoms with Gasteiger partial charge in [-0.15, -0.1) is 0 Å². The van der Waals surface area contributed by atoms with Crippen LogP contribution in [0.25, 0.3) is 0 Å². The van der Waals surface area contributed by atoms with Crippen LogP contribution in [0.4, 0.5) is 23.0 Å². The number of hydrogen-bond acceptors (Lipinski definition) is 6. The molecule has 0 aliphatic heterocycles. The van der Waals surface area contributed by atoms with Gasteiger partial charge in [0.05, 0.1) is 6.42 Å². The Morgan fingerprint density at radius 2 is 1.81 bits per heavy atom. The molecule has 0 aliphatic rings. The van der Waals surface area contributed by atoms with Crippen molar-refractivity contribution in [2.75, 3.05) is 16.5 Å². The number of carbonyl (C=O) groups excluding carboxylic acids is 1. The van der Waals surface area contributed by atoms with Gasteiger partial charge in [0.2, 0.25) is 5.91 Å². The number of rotatable bonds is 6. The molecule has 7 nitrogen and oxygen atoms in total. The van der Waals surface area contributed by atoms with Gasteiger partial charge in [0.15, 0.2) is 11.6 Å². The summed E-state index contributed by atoms with van der Waals surface area (Å²) in [6.07, 6.45) is 1.58. The summed E-state index contributed by atoms with van der Waals surface area (Å²) >= 11 is 5.97. The maximum Gasteiger partial charge on any atom is 0.242 e. The molecule has 5 N–H and O–H groups in total. The molecule has 0 saturated heterocycles. The standard InChI is InChI=1S/C18H17ClN6O/c19-13-7-4-8-14(10-13)23-17-16(20)18(22-11-21-17)25-24-15(26)9-12-5-2-1-3-6-12/h1-8,10-11H,9,20H2,(H,24,26)(H2,21,22,23,25). The van der Waals surface area contributed by atoms with Gasteiger partial charge in [-0.25, -0.2) is 9.97 Å². The quantitative estimate of drug-likeness (QED) is 0.498. The van der Waals surface area contributed by atoms with Gasteiger partial charge in [-0.1, -0.05) is 48.0 Å². The van der Waals surface area contributed by atoms with Gasteiger partial charge in [-0.3, -0.25) is 15.6 Å². The summed E-state index contributed by atoms with van der Waals surface area (Å²) in [4.78, 5) is 20.2. The summed E-state index contributed by atoms with van der Waals surface area (Å²) in [5, 5.41) is 3.66. The Hall–Kier alpha value is -3.32. The van der Waals surface area contributed by atoms with Crippen LogP contribution in [0.1, 0.15) is 5.56 Å². The Kier molecular flexibility index (Phi) is 5.50. The van der Waals surface area contributed by atoms with Crippen molar-refractivity contribution in [2.45, 2.75) is 6.42 Å². The molecule has 0 bridgehead atoms. The molecule has 0 aliphatic carbocycles. The molecule has 0 saturated carbocycles. The van der Waals surface area contributed by atoms with Crippen LogP contribution in [-0.2, 0) is 11.2 Å². The third-order valence-electron chi connectivity index (χ3n) is 3.50. The summed E-state index contributed by atoms with van der Waals surface area (Å²) < 4.78 is 0. The molecule has 0 atom stereocenters. The number of benzene rings is 2. The molecular weight excluding hydrogens is 352 g/mol. The van der Waals surface area contributed by atoms with Crippen LogP contribution in [0.3, 0.4) is 0 Å². The smallest absolute Gasteiger partial charge is 0.242 e. The zero-order valence-electron chi connectivity index (χ0n) is 13.7. The Morgan fingerprint density at radius 3 is 2.58 bits per heavy atom. The maximum atomic E-state index is 12.0. The highest BCUT2D eigenvalue weighted by Crippen LogP contribution is 2.26. The Bertz CT molecular complexity index is 903. The number of anilines is 4. The molecule has 3 rings (SSSR count). The number of hydrogen-bond donors (Lipinski definition) is 4. The van der Waals surface area contributed by atoms with Crippen LogP contribution in [0.5, 0.6) is 0 Å². The number of carbonyl (C=O) groups is 1. The van der Waals surface area contributed by atoms with Gasteiger partial charge in [0.1, 0.15) is 12.0 Å². The first-order valence-electron chi connectivity index (χ1n) is 7.83. The summed E-state index contributed by atoms with van der Waals surface area (Å²) in [6, 6.07) is 16.6. The molecule has 0 unspecified atom stereocenters. The number of hydrazine groups is 1. The highest BCUT2D eigenvalue weighted by molar-refractivity contribution is 6.30. The summed E-state index contributed by atoms with van der Waals surface area (Å²) in [7, 11) is 0. The lowest BCUT2D eigenvalue weighted by Crippen LogP contribution is -2.31. The second kappa shape index (κ2) is 8.17. The van der Waals surface area contributed by atoms with Gasteiger partial charge in [-0.2, -0.15) is 0 Å². The first-order chi connectivity index (χ1) is 12.6. The molecule has 0 spiro atoms. The minimum atomic E-state index is -0.210. The molecule has 132 valence electrons. The second-order valence-corrected chi connectivity index (χ2v) is 5.89. The number of nitrogens with zero attached hydrogens (tertiary/aromatic N) is 2. The van der Waals surface area contributed by atoms with E-state index in [1.807, 2.05) is 42.5 Å². The van der Waals surface area contributed by atoms with Crippen LogP contribution in [-0.4, -0.2) is 15.9 Å². The lowest BCUT2D eigenvalue weighted by Gasteiger charge is -2.13. The normalized spacial score (nSPS) is 10.2. The van der Waals surface area contributed by atoms with Crippen LogP contribution < -0.4 is 21.9 Å². The van der Waals surface area contributed by atoms with Crippen molar-refractivity contribution in [3.63, 3.8) is 0 Å². The van der Waals surface area contributed by atoms with Crippen molar-refractivity contribution in [3.05, 3.63) is 71.5 Å². The number of nitrogen functional groups attached to an aromatic ring is 1. The minimum absolute atomic E-state index is 0.210. The van der Waals surface area contributed by atoms with Crippen LogP contribution in [0, 0.1) is 0 Å². The number of nitrogens with one attached hydrogen (secondary N) is 3. The van der Waals surface area contributed by atoms with Gasteiger partial charge >= 0.3 is 0 Å². The lowest BCUT2D eigenvalue weighted by atomic mass is 10.1. The number of nitrogens with two attached hydrogens (primary N) is 1. The van der Waals surface area contributed by atoms with Gasteiger partial charge < -0.3 is 11.1 Å². The predicted octanol–water partition coefficient (Wildman–Crippen LogP) is 3.14. The zero-order valence-corrected chi connectivity index (χ0v) is 14.5. The number of aromatic nitrogens is 2. The van der Waals surface area contributed by atoms with Crippen molar-refractivity contribution in [1.29, 1.82) is 0 Å². The third kappa shape index (κ3) is 4.61. The van der Waals surface area contributed by atoms with Crippen molar-refractivity contribution in [3.8, 4) is 0 Å². The van der Waals surface area contributed by atoms with Crippen molar-refractivity contribution >= 4 is 40.5 Å². The van der Waals surface area contributed by atoms with E-state index in [0.717, 1.165) is 11.3 Å². The molecule has 1 aromatic heterocycles. The summed E-state index contributed by atoms with van der Waals surface area (Å²) in [5.74, 6) is 0.492. The van der Waals surface area contributed by atoms with E-state index in [4.69, 9.17) is 17.3 Å². The van der Waals surface area contributed by atoms with E-state index < -0.39 is 0 Å². The molecule has 26 heavy (non-hydrogen) atoms. The molecular formula is C18H17ClN6O. The monoisotopic (exact) mass is 368 g/mol. The first kappa shape index (κ1) is 17.5. The van der Waals surface area contributed by atoms with E-state index in [1.165, 1.54) is 6.33 Å². The third-order valence-corrected chi connectivity index (χ3v) is 3.73. The van der Waals surface area contributed by atoms with Crippen molar-refractivity contribution in [2.24, 2.45) is 0 Å². The van der Waals surface area contributed by atoms with E-state index in [0.29, 0.717) is 16.7 Å². The van der Waals surface area contributed by atoms with E-state index in [-0.39, 0.29) is 18.0 Å². The van der Waals surface area contributed by atoms with Gasteiger partial charge in [-0.05, 0) is 23.8 Å². The molecule has 0 fully saturated rings. The van der Waals surface area contributed by atoms with Gasteiger partial charge in [0.25, 0.3) is 0 Å². The highest BCUT2D eigenvalue weighted by Gasteiger charge is 2.10. The van der Waals surface area contributed by atoms with E-state index in [9.17, 15) is 4.79 Å². The fourth-order valence-corrected chi connectivity index (χ4v) is 2.44. The number of amides is 1. The molecule has 3 aromatic rings. The van der Waals surface area contributed by atoms with Gasteiger partial charge in [0, 0.05) is 10.7 Å². The molecule has 2 aromatic carbocycles. The minimum Gasteiger partial charge on any atom is -0.393 e. The highest BCUT2D eigenvalue weighted by atomic mass is 35.5. The summed E-state index contributed by atoms with van der Waals surface area (Å²) in [6.45, 7) is 0. The fourth-order valence-electron chi connectivity index (χ4n) is 2.25. The average Bonchev–Trinajstić information content (AvgIpc) is 2.63. The molecule has 1 heterocycles. The largest absolute Gasteiger partial charge is 0.393 e. The Labute approximate surface area is 155 Å². The van der Waals surface area contributed by atoms with Crippen molar-refractivity contribution < 1.29 is 4.79 Å². The lowest BCUT2D eigenvalue weighted by molar-refractivity contribution is -0.119. The van der Waals surface area contributed by atoms with Crippen molar-refractivity contribution in [1.82, 2.24) is 15.4 Å². The average molecular weight is 369 g/mol. The second-order valence-electron chi connectivity index (χ2n) is 5.46. The van der Waals surface area contributed by atoms with E-state index in [2.05, 4.69) is 26.1 Å².